The predicted octanol–water partition coefficient (Wildman–Crippen LogP) is 1.30. The van der Waals surface area contributed by atoms with E-state index in [2.05, 4.69) is 19.8 Å². The Labute approximate surface area is 132 Å². The summed E-state index contributed by atoms with van der Waals surface area (Å²) in [5.74, 6) is -2.27. The molecule has 9 nitrogen and oxygen atoms in total. The summed E-state index contributed by atoms with van der Waals surface area (Å²) in [6, 6.07) is -1.03. The Bertz CT molecular complexity index is 805. The molecule has 126 valence electrons. The van der Waals surface area contributed by atoms with Crippen molar-refractivity contribution in [2.24, 2.45) is 7.05 Å². The molecule has 24 heavy (non-hydrogen) atoms. The third-order valence-electron chi connectivity index (χ3n) is 3.11. The fourth-order valence-corrected chi connectivity index (χ4v) is 2.07. The summed E-state index contributed by atoms with van der Waals surface area (Å²) in [7, 11) is 1.58. The maximum Gasteiger partial charge on any atom is 0.493 e. The zero-order chi connectivity index (χ0) is 17.5. The van der Waals surface area contributed by atoms with Crippen LogP contribution in [0.25, 0.3) is 0 Å². The molecule has 0 atom stereocenters. The minimum Gasteiger partial charge on any atom is -0.328 e. The molecule has 0 spiro atoms. The lowest BCUT2D eigenvalue weighted by atomic mass is 10.2. The number of imidazole rings is 1. The second kappa shape index (κ2) is 5.47. The molecule has 2 aromatic heterocycles. The van der Waals surface area contributed by atoms with E-state index in [0.29, 0.717) is 0 Å². The lowest BCUT2D eigenvalue weighted by molar-refractivity contribution is -0.229. The van der Waals surface area contributed by atoms with Gasteiger partial charge in [0.15, 0.2) is 5.82 Å². The van der Waals surface area contributed by atoms with Crippen molar-refractivity contribution in [3.8, 4) is 0 Å². The molecule has 0 fully saturated rings. The molecule has 3 rings (SSSR count). The fraction of sp³-hybridized carbons (Fsp3) is 0.250. The number of hydroxylamine groups is 2. The van der Waals surface area contributed by atoms with Crippen LogP contribution in [0.4, 0.5) is 29.7 Å². The van der Waals surface area contributed by atoms with Gasteiger partial charge in [-0.25, -0.2) is 29.4 Å². The standard InChI is InChI=1S/C12H9F3N6O3/c1-19-3-2-17-10(19)21-8-7(4-16-6-18-8)5-20(11(21)23)24-9(22)12(13,14)15/h2-4,6H,5H2,1H3. The van der Waals surface area contributed by atoms with Crippen LogP contribution >= 0.6 is 0 Å². The summed E-state index contributed by atoms with van der Waals surface area (Å²) in [6.45, 7) is -0.419. The Morgan fingerprint density at radius 3 is 2.71 bits per heavy atom. The van der Waals surface area contributed by atoms with Crippen molar-refractivity contribution in [1.82, 2.24) is 24.6 Å². The molecule has 0 saturated carbocycles. The van der Waals surface area contributed by atoms with E-state index in [-0.39, 0.29) is 22.4 Å². The second-order valence-corrected chi connectivity index (χ2v) is 4.74. The number of aryl methyl sites for hydroxylation is 1. The first-order valence-electron chi connectivity index (χ1n) is 6.46. The number of anilines is 2. The molecule has 0 radical (unpaired) electrons. The van der Waals surface area contributed by atoms with Crippen molar-refractivity contribution in [1.29, 1.82) is 0 Å². The maximum atomic E-state index is 12.5. The first-order valence-corrected chi connectivity index (χ1v) is 6.46. The number of halogens is 3. The van der Waals surface area contributed by atoms with E-state index >= 15 is 0 Å². The number of alkyl halides is 3. The third kappa shape index (κ3) is 2.61. The zero-order valence-electron chi connectivity index (χ0n) is 12.1. The highest BCUT2D eigenvalue weighted by Gasteiger charge is 2.45. The van der Waals surface area contributed by atoms with Gasteiger partial charge in [-0.05, 0) is 0 Å². The van der Waals surface area contributed by atoms with Crippen molar-refractivity contribution in [3.05, 3.63) is 30.5 Å². The van der Waals surface area contributed by atoms with Crippen LogP contribution in [-0.4, -0.2) is 42.8 Å². The van der Waals surface area contributed by atoms with Crippen molar-refractivity contribution in [3.63, 3.8) is 0 Å². The molecule has 0 saturated heterocycles. The molecular formula is C12H9F3N6O3. The van der Waals surface area contributed by atoms with E-state index in [1.54, 1.807) is 7.05 Å². The SMILES string of the molecule is Cn1ccnc1N1C(=O)N(OC(=O)C(F)(F)F)Cc2cncnc21. The third-order valence-corrected chi connectivity index (χ3v) is 3.11. The average Bonchev–Trinajstić information content (AvgIpc) is 2.93. The van der Waals surface area contributed by atoms with Crippen molar-refractivity contribution in [2.75, 3.05) is 4.90 Å². The van der Waals surface area contributed by atoms with Crippen LogP contribution in [0.15, 0.2) is 24.9 Å². The number of aromatic nitrogens is 4. The van der Waals surface area contributed by atoms with Gasteiger partial charge in [-0.2, -0.15) is 13.2 Å². The minimum absolute atomic E-state index is 0.0905. The normalized spacial score (nSPS) is 14.6. The van der Waals surface area contributed by atoms with Gasteiger partial charge in [-0.15, -0.1) is 5.06 Å². The lowest BCUT2D eigenvalue weighted by Crippen LogP contribution is -2.48. The summed E-state index contributed by atoms with van der Waals surface area (Å²) in [5.41, 5.74) is 0.287. The number of carbonyl (C=O) groups is 2. The average molecular weight is 342 g/mol. The zero-order valence-corrected chi connectivity index (χ0v) is 12.1. The number of rotatable bonds is 2. The number of urea groups is 1. The molecule has 0 unspecified atom stereocenters. The van der Waals surface area contributed by atoms with Crippen LogP contribution in [0.2, 0.25) is 0 Å². The molecule has 12 heteroatoms. The van der Waals surface area contributed by atoms with E-state index in [4.69, 9.17) is 0 Å². The molecular weight excluding hydrogens is 333 g/mol. The van der Waals surface area contributed by atoms with Gasteiger partial charge in [0.2, 0.25) is 5.95 Å². The Morgan fingerprint density at radius 2 is 2.08 bits per heavy atom. The van der Waals surface area contributed by atoms with E-state index in [1.165, 1.54) is 29.5 Å². The van der Waals surface area contributed by atoms with E-state index in [1.807, 2.05) is 0 Å². The Hall–Kier alpha value is -3.18. The maximum absolute atomic E-state index is 12.5. The van der Waals surface area contributed by atoms with Crippen LogP contribution in [0.3, 0.4) is 0 Å². The summed E-state index contributed by atoms with van der Waals surface area (Å²) in [4.78, 5) is 40.3. The fourth-order valence-electron chi connectivity index (χ4n) is 2.07. The summed E-state index contributed by atoms with van der Waals surface area (Å²) >= 11 is 0. The van der Waals surface area contributed by atoms with Crippen LogP contribution in [-0.2, 0) is 23.2 Å². The van der Waals surface area contributed by atoms with Gasteiger partial charge in [-0.1, -0.05) is 0 Å². The van der Waals surface area contributed by atoms with Gasteiger partial charge in [0.25, 0.3) is 0 Å². The Morgan fingerprint density at radius 1 is 1.33 bits per heavy atom. The molecule has 0 aliphatic carbocycles. The van der Waals surface area contributed by atoms with Crippen LogP contribution in [0.1, 0.15) is 5.56 Å². The van der Waals surface area contributed by atoms with Crippen LogP contribution in [0, 0.1) is 0 Å². The van der Waals surface area contributed by atoms with Crippen LogP contribution < -0.4 is 4.90 Å². The van der Waals surface area contributed by atoms with Crippen molar-refractivity contribution >= 4 is 23.8 Å². The van der Waals surface area contributed by atoms with Gasteiger partial charge >= 0.3 is 18.2 Å². The highest BCUT2D eigenvalue weighted by molar-refractivity contribution is 5.99. The summed E-state index contributed by atoms with van der Waals surface area (Å²) < 4.78 is 38.6. The number of hydrogen-bond acceptors (Lipinski definition) is 6. The molecule has 3 heterocycles. The quantitative estimate of drug-likeness (QED) is 0.817. The molecule has 1 aliphatic heterocycles. The second-order valence-electron chi connectivity index (χ2n) is 4.74. The lowest BCUT2D eigenvalue weighted by Gasteiger charge is -2.33. The molecule has 0 N–H and O–H groups in total. The van der Waals surface area contributed by atoms with E-state index in [9.17, 15) is 22.8 Å². The van der Waals surface area contributed by atoms with Gasteiger partial charge in [0.05, 0.1) is 6.54 Å². The van der Waals surface area contributed by atoms with Crippen LogP contribution in [0.5, 0.6) is 0 Å². The number of hydrogen-bond donors (Lipinski definition) is 0. The smallest absolute Gasteiger partial charge is 0.328 e. The number of fused-ring (bicyclic) bond motifs is 1. The van der Waals surface area contributed by atoms with Crippen molar-refractivity contribution < 1.29 is 27.6 Å². The van der Waals surface area contributed by atoms with Gasteiger partial charge < -0.3 is 9.40 Å². The first-order chi connectivity index (χ1) is 11.3. The summed E-state index contributed by atoms with van der Waals surface area (Å²) in [5, 5.41) is 0.288. The van der Waals surface area contributed by atoms with Crippen molar-refractivity contribution in [2.45, 2.75) is 12.7 Å². The van der Waals surface area contributed by atoms with E-state index < -0.39 is 24.7 Å². The molecule has 2 amide bonds. The molecule has 0 aromatic carbocycles. The monoisotopic (exact) mass is 342 g/mol. The summed E-state index contributed by atoms with van der Waals surface area (Å²) in [6.07, 6.45) is 0.175. The predicted molar refractivity (Wildman–Crippen MR) is 70.5 cm³/mol. The number of nitrogens with zero attached hydrogens (tertiary/aromatic N) is 6. The number of amides is 2. The minimum atomic E-state index is -5.23. The van der Waals surface area contributed by atoms with Gasteiger partial charge in [-0.3, -0.25) is 0 Å². The Kier molecular flexibility index (Phi) is 3.58. The van der Waals surface area contributed by atoms with Gasteiger partial charge in [0, 0.05) is 31.2 Å². The molecule has 0 bridgehead atoms. The van der Waals surface area contributed by atoms with Gasteiger partial charge in [0.1, 0.15) is 6.33 Å². The highest BCUT2D eigenvalue weighted by Crippen LogP contribution is 2.32. The largest absolute Gasteiger partial charge is 0.493 e. The molecule has 1 aliphatic rings. The highest BCUT2D eigenvalue weighted by atomic mass is 19.4. The first kappa shape index (κ1) is 15.7. The number of carbonyl (C=O) groups excluding carboxylic acids is 2. The molecule has 2 aromatic rings. The topological polar surface area (TPSA) is 93.5 Å². The van der Waals surface area contributed by atoms with E-state index in [0.717, 1.165) is 4.90 Å². The Balaban J connectivity index is 2.01.